The van der Waals surface area contributed by atoms with Crippen molar-refractivity contribution in [2.24, 2.45) is 0 Å². The van der Waals surface area contributed by atoms with Crippen LogP contribution in [0.2, 0.25) is 0 Å². The number of hydrogen-bond donors (Lipinski definition) is 1. The van der Waals surface area contributed by atoms with Crippen LogP contribution >= 0.6 is 15.9 Å². The third-order valence-corrected chi connectivity index (χ3v) is 3.97. The molecule has 2 rings (SSSR count). The fourth-order valence-electron chi connectivity index (χ4n) is 2.24. The van der Waals surface area contributed by atoms with Crippen LogP contribution in [0.15, 0.2) is 22.7 Å². The predicted molar refractivity (Wildman–Crippen MR) is 84.4 cm³/mol. The predicted octanol–water partition coefficient (Wildman–Crippen LogP) is 1.79. The zero-order valence-corrected chi connectivity index (χ0v) is 14.0. The molecule has 1 atom stereocenters. The van der Waals surface area contributed by atoms with Gasteiger partial charge in [0, 0.05) is 19.6 Å². The van der Waals surface area contributed by atoms with E-state index < -0.39 is 6.10 Å². The number of nitrogens with zero attached hydrogens (tertiary/aromatic N) is 1. The van der Waals surface area contributed by atoms with E-state index in [2.05, 4.69) is 21.2 Å². The number of carbonyl (C=O) groups is 1. The second kappa shape index (κ2) is 7.77. The minimum absolute atomic E-state index is 0.00417. The Kier molecular flexibility index (Phi) is 6.02. The number of hydrogen-bond acceptors (Lipinski definition) is 4. The van der Waals surface area contributed by atoms with Crippen LogP contribution in [0, 0.1) is 0 Å². The standard InChI is InChI=1S/C15H21BrN2O3/c1-11(15(19)18-5-7-20-8-6-18)21-14-4-3-12(10-17-2)9-13(14)16/h3-4,9,11,17H,5-8,10H2,1-2H3. The molecule has 0 bridgehead atoms. The molecular formula is C15H21BrN2O3. The molecule has 21 heavy (non-hydrogen) atoms. The lowest BCUT2D eigenvalue weighted by molar-refractivity contribution is -0.142. The van der Waals surface area contributed by atoms with Crippen molar-refractivity contribution in [2.75, 3.05) is 33.4 Å². The van der Waals surface area contributed by atoms with E-state index >= 15 is 0 Å². The van der Waals surface area contributed by atoms with Crippen molar-refractivity contribution in [1.82, 2.24) is 10.2 Å². The van der Waals surface area contributed by atoms with Crippen LogP contribution < -0.4 is 10.1 Å². The Morgan fingerprint density at radius 3 is 2.81 bits per heavy atom. The van der Waals surface area contributed by atoms with E-state index in [-0.39, 0.29) is 5.91 Å². The molecule has 0 aromatic heterocycles. The average Bonchev–Trinajstić information content (AvgIpc) is 2.50. The maximum Gasteiger partial charge on any atom is 0.263 e. The summed E-state index contributed by atoms with van der Waals surface area (Å²) in [6.45, 7) is 5.04. The molecule has 1 fully saturated rings. The number of ether oxygens (including phenoxy) is 2. The SMILES string of the molecule is CNCc1ccc(OC(C)C(=O)N2CCOCC2)c(Br)c1. The second-order valence-electron chi connectivity index (χ2n) is 4.99. The molecular weight excluding hydrogens is 336 g/mol. The van der Waals surface area contributed by atoms with Gasteiger partial charge in [0.1, 0.15) is 5.75 Å². The van der Waals surface area contributed by atoms with Crippen LogP contribution in [0.5, 0.6) is 5.75 Å². The van der Waals surface area contributed by atoms with Crippen molar-refractivity contribution in [1.29, 1.82) is 0 Å². The molecule has 1 aromatic carbocycles. The first kappa shape index (κ1) is 16.3. The van der Waals surface area contributed by atoms with Gasteiger partial charge in [-0.15, -0.1) is 0 Å². The molecule has 0 radical (unpaired) electrons. The number of nitrogens with one attached hydrogen (secondary N) is 1. The summed E-state index contributed by atoms with van der Waals surface area (Å²) in [4.78, 5) is 14.1. The van der Waals surface area contributed by atoms with Gasteiger partial charge in [-0.2, -0.15) is 0 Å². The molecule has 5 nitrogen and oxygen atoms in total. The van der Waals surface area contributed by atoms with Crippen LogP contribution in [0.4, 0.5) is 0 Å². The van der Waals surface area contributed by atoms with Gasteiger partial charge in [-0.05, 0) is 47.6 Å². The molecule has 0 aliphatic carbocycles. The van der Waals surface area contributed by atoms with Gasteiger partial charge < -0.3 is 19.7 Å². The molecule has 1 saturated heterocycles. The second-order valence-corrected chi connectivity index (χ2v) is 5.85. The monoisotopic (exact) mass is 356 g/mol. The van der Waals surface area contributed by atoms with Crippen LogP contribution in [-0.2, 0) is 16.1 Å². The third kappa shape index (κ3) is 4.43. The van der Waals surface area contributed by atoms with Gasteiger partial charge in [0.25, 0.3) is 5.91 Å². The van der Waals surface area contributed by atoms with E-state index in [4.69, 9.17) is 9.47 Å². The third-order valence-electron chi connectivity index (χ3n) is 3.35. The zero-order chi connectivity index (χ0) is 15.2. The molecule has 1 unspecified atom stereocenters. The van der Waals surface area contributed by atoms with Gasteiger partial charge >= 0.3 is 0 Å². The minimum Gasteiger partial charge on any atom is -0.480 e. The summed E-state index contributed by atoms with van der Waals surface area (Å²) in [6, 6.07) is 5.88. The van der Waals surface area contributed by atoms with Crippen molar-refractivity contribution >= 4 is 21.8 Å². The van der Waals surface area contributed by atoms with E-state index in [0.717, 1.165) is 16.6 Å². The number of amides is 1. The lowest BCUT2D eigenvalue weighted by atomic mass is 10.2. The van der Waals surface area contributed by atoms with Crippen molar-refractivity contribution in [2.45, 2.75) is 19.6 Å². The Bertz CT molecular complexity index is 490. The number of morpholine rings is 1. The summed E-state index contributed by atoms with van der Waals surface area (Å²) < 4.78 is 11.9. The Labute approximate surface area is 133 Å². The lowest BCUT2D eigenvalue weighted by Gasteiger charge is -2.29. The van der Waals surface area contributed by atoms with Gasteiger partial charge in [-0.1, -0.05) is 6.07 Å². The molecule has 1 aliphatic rings. The average molecular weight is 357 g/mol. The summed E-state index contributed by atoms with van der Waals surface area (Å²) >= 11 is 3.49. The quantitative estimate of drug-likeness (QED) is 0.873. The van der Waals surface area contributed by atoms with E-state index in [1.54, 1.807) is 11.8 Å². The van der Waals surface area contributed by atoms with Crippen molar-refractivity contribution in [3.8, 4) is 5.75 Å². The molecule has 1 N–H and O–H groups in total. The highest BCUT2D eigenvalue weighted by atomic mass is 79.9. The van der Waals surface area contributed by atoms with Gasteiger partial charge in [0.05, 0.1) is 17.7 Å². The van der Waals surface area contributed by atoms with Gasteiger partial charge in [0.2, 0.25) is 0 Å². The number of rotatable bonds is 5. The smallest absolute Gasteiger partial charge is 0.263 e. The number of benzene rings is 1. The van der Waals surface area contributed by atoms with Crippen molar-refractivity contribution < 1.29 is 14.3 Å². The first-order valence-electron chi connectivity index (χ1n) is 7.08. The number of carbonyl (C=O) groups excluding carboxylic acids is 1. The minimum atomic E-state index is -0.505. The molecule has 1 amide bonds. The van der Waals surface area contributed by atoms with E-state index in [1.165, 1.54) is 0 Å². The highest BCUT2D eigenvalue weighted by molar-refractivity contribution is 9.10. The first-order valence-corrected chi connectivity index (χ1v) is 7.87. The topological polar surface area (TPSA) is 50.8 Å². The summed E-state index contributed by atoms with van der Waals surface area (Å²) in [7, 11) is 1.90. The maximum atomic E-state index is 12.3. The largest absolute Gasteiger partial charge is 0.480 e. The van der Waals surface area contributed by atoms with E-state index in [0.29, 0.717) is 32.1 Å². The van der Waals surface area contributed by atoms with Crippen LogP contribution in [0.3, 0.4) is 0 Å². The lowest BCUT2D eigenvalue weighted by Crippen LogP contribution is -2.46. The molecule has 116 valence electrons. The van der Waals surface area contributed by atoms with E-state index in [1.807, 2.05) is 25.2 Å². The molecule has 0 saturated carbocycles. The summed E-state index contributed by atoms with van der Waals surface area (Å²) in [5.74, 6) is 0.688. The van der Waals surface area contributed by atoms with Crippen molar-refractivity contribution in [3.63, 3.8) is 0 Å². The van der Waals surface area contributed by atoms with E-state index in [9.17, 15) is 4.79 Å². The summed E-state index contributed by atoms with van der Waals surface area (Å²) in [6.07, 6.45) is -0.505. The van der Waals surface area contributed by atoms with Gasteiger partial charge in [0.15, 0.2) is 6.10 Å². The Hall–Kier alpha value is -1.11. The van der Waals surface area contributed by atoms with Crippen LogP contribution in [0.1, 0.15) is 12.5 Å². The summed E-state index contributed by atoms with van der Waals surface area (Å²) in [5.41, 5.74) is 1.16. The maximum absolute atomic E-state index is 12.3. The Morgan fingerprint density at radius 2 is 2.19 bits per heavy atom. The Morgan fingerprint density at radius 1 is 1.48 bits per heavy atom. The molecule has 1 aromatic rings. The molecule has 1 heterocycles. The fourth-order valence-corrected chi connectivity index (χ4v) is 2.76. The number of halogens is 1. The molecule has 0 spiro atoms. The molecule has 1 aliphatic heterocycles. The van der Waals surface area contributed by atoms with Gasteiger partial charge in [-0.3, -0.25) is 4.79 Å². The summed E-state index contributed by atoms with van der Waals surface area (Å²) in [5, 5.41) is 3.10. The normalized spacial score (nSPS) is 16.6. The van der Waals surface area contributed by atoms with Crippen molar-refractivity contribution in [3.05, 3.63) is 28.2 Å². The highest BCUT2D eigenvalue weighted by Crippen LogP contribution is 2.27. The highest BCUT2D eigenvalue weighted by Gasteiger charge is 2.24. The van der Waals surface area contributed by atoms with Crippen LogP contribution in [-0.4, -0.2) is 50.3 Å². The zero-order valence-electron chi connectivity index (χ0n) is 12.4. The molecule has 6 heteroatoms. The first-order chi connectivity index (χ1) is 10.1. The Balaban J connectivity index is 1.98. The van der Waals surface area contributed by atoms with Crippen LogP contribution in [0.25, 0.3) is 0 Å². The fraction of sp³-hybridized carbons (Fsp3) is 0.533. The van der Waals surface area contributed by atoms with Gasteiger partial charge in [-0.25, -0.2) is 0 Å².